The molecule has 1 heterocycles. The maximum Gasteiger partial charge on any atom is 0.320 e. The molecule has 3 rings (SSSR count). The first-order chi connectivity index (χ1) is 13.5. The Morgan fingerprint density at radius 3 is 2.68 bits per heavy atom. The van der Waals surface area contributed by atoms with Gasteiger partial charge in [0.1, 0.15) is 11.5 Å². The first kappa shape index (κ1) is 19.5. The second kappa shape index (κ2) is 8.65. The molecule has 3 N–H and O–H groups in total. The summed E-state index contributed by atoms with van der Waals surface area (Å²) in [6.45, 7) is 4.87. The van der Waals surface area contributed by atoms with Gasteiger partial charge < -0.3 is 14.8 Å². The number of benzene rings is 2. The van der Waals surface area contributed by atoms with E-state index in [0.717, 1.165) is 39.9 Å². The molecule has 0 bridgehead atoms. The number of aromatic amines is 1. The number of carbonyl (C=O) groups excluding carboxylic acids is 1. The lowest BCUT2D eigenvalue weighted by atomic mass is 10.0. The van der Waals surface area contributed by atoms with E-state index in [4.69, 9.17) is 9.47 Å². The number of nitrogens with one attached hydrogen (secondary N) is 3. The van der Waals surface area contributed by atoms with Gasteiger partial charge in [-0.05, 0) is 48.2 Å². The van der Waals surface area contributed by atoms with Crippen LogP contribution in [0.4, 0.5) is 10.6 Å². The summed E-state index contributed by atoms with van der Waals surface area (Å²) in [4.78, 5) is 12.1. The van der Waals surface area contributed by atoms with Crippen molar-refractivity contribution in [1.82, 2.24) is 15.5 Å². The van der Waals surface area contributed by atoms with Gasteiger partial charge in [0.05, 0.1) is 19.7 Å². The Morgan fingerprint density at radius 1 is 1.14 bits per heavy atom. The van der Waals surface area contributed by atoms with Crippen molar-refractivity contribution in [2.24, 2.45) is 5.92 Å². The zero-order valence-corrected chi connectivity index (χ0v) is 16.6. The quantitative estimate of drug-likeness (QED) is 0.565. The number of urea groups is 1. The van der Waals surface area contributed by atoms with Crippen LogP contribution in [-0.2, 0) is 0 Å². The number of ether oxygens (including phenoxy) is 2. The van der Waals surface area contributed by atoms with E-state index in [9.17, 15) is 4.79 Å². The van der Waals surface area contributed by atoms with Crippen molar-refractivity contribution < 1.29 is 14.3 Å². The third-order valence-electron chi connectivity index (χ3n) is 4.52. The van der Waals surface area contributed by atoms with Gasteiger partial charge in [-0.3, -0.25) is 10.4 Å². The summed E-state index contributed by atoms with van der Waals surface area (Å²) >= 11 is 0. The van der Waals surface area contributed by atoms with Crippen LogP contribution in [0.15, 0.2) is 36.4 Å². The van der Waals surface area contributed by atoms with Crippen molar-refractivity contribution >= 4 is 22.8 Å². The monoisotopic (exact) mass is 382 g/mol. The first-order valence-electron chi connectivity index (χ1n) is 9.27. The molecule has 3 aromatic rings. The molecule has 0 aliphatic heterocycles. The molecule has 0 unspecified atom stereocenters. The van der Waals surface area contributed by atoms with Crippen LogP contribution in [0.2, 0.25) is 0 Å². The standard InChI is InChI=1S/C21H26N4O3/c1-13(2)9-10-22-21(26)23-20-16-7-5-14(11-18(16)24-25-20)17-12-15(27-3)6-8-19(17)28-4/h5-8,11-13H,9-10H2,1-4H3,(H3,22,23,24,25,26). The molecule has 0 saturated carbocycles. The topological polar surface area (TPSA) is 88.3 Å². The summed E-state index contributed by atoms with van der Waals surface area (Å²) in [7, 11) is 3.27. The molecule has 7 nitrogen and oxygen atoms in total. The van der Waals surface area contributed by atoms with E-state index < -0.39 is 0 Å². The molecular weight excluding hydrogens is 356 g/mol. The summed E-state index contributed by atoms with van der Waals surface area (Å²) in [5.74, 6) is 2.54. The van der Waals surface area contributed by atoms with Gasteiger partial charge in [0.2, 0.25) is 0 Å². The molecule has 0 aliphatic rings. The Hall–Kier alpha value is -3.22. The number of hydrogen-bond acceptors (Lipinski definition) is 4. The number of amides is 2. The fourth-order valence-electron chi connectivity index (χ4n) is 2.95. The fourth-order valence-corrected chi connectivity index (χ4v) is 2.95. The smallest absolute Gasteiger partial charge is 0.320 e. The van der Waals surface area contributed by atoms with Crippen LogP contribution in [0, 0.1) is 5.92 Å². The van der Waals surface area contributed by atoms with Crippen LogP contribution < -0.4 is 20.1 Å². The lowest BCUT2D eigenvalue weighted by Crippen LogP contribution is -2.30. The van der Waals surface area contributed by atoms with E-state index in [2.05, 4.69) is 34.7 Å². The zero-order valence-electron chi connectivity index (χ0n) is 16.6. The molecule has 148 valence electrons. The van der Waals surface area contributed by atoms with Crippen molar-refractivity contribution in [3.8, 4) is 22.6 Å². The van der Waals surface area contributed by atoms with Crippen LogP contribution >= 0.6 is 0 Å². The van der Waals surface area contributed by atoms with E-state index in [1.54, 1.807) is 14.2 Å². The van der Waals surface area contributed by atoms with E-state index in [1.807, 2.05) is 36.4 Å². The minimum Gasteiger partial charge on any atom is -0.497 e. The van der Waals surface area contributed by atoms with Crippen molar-refractivity contribution in [3.63, 3.8) is 0 Å². The molecule has 28 heavy (non-hydrogen) atoms. The number of H-pyrrole nitrogens is 1. The Balaban J connectivity index is 1.82. The van der Waals surface area contributed by atoms with Gasteiger partial charge in [-0.2, -0.15) is 5.10 Å². The van der Waals surface area contributed by atoms with Gasteiger partial charge in [-0.25, -0.2) is 4.79 Å². The third kappa shape index (κ3) is 4.36. The molecule has 0 radical (unpaired) electrons. The number of methoxy groups -OCH3 is 2. The number of hydrogen-bond donors (Lipinski definition) is 3. The molecule has 0 spiro atoms. The zero-order chi connectivity index (χ0) is 20.1. The molecule has 0 aliphatic carbocycles. The van der Waals surface area contributed by atoms with Crippen molar-refractivity contribution in [3.05, 3.63) is 36.4 Å². The molecule has 0 fully saturated rings. The fraction of sp³-hybridized carbons (Fsp3) is 0.333. The van der Waals surface area contributed by atoms with Crippen LogP contribution in [0.3, 0.4) is 0 Å². The van der Waals surface area contributed by atoms with E-state index in [0.29, 0.717) is 18.3 Å². The average Bonchev–Trinajstić information content (AvgIpc) is 3.09. The van der Waals surface area contributed by atoms with Crippen molar-refractivity contribution in [2.75, 3.05) is 26.1 Å². The SMILES string of the molecule is COc1ccc(OC)c(-c2ccc3c(NC(=O)NCCC(C)C)n[nH]c3c2)c1. The van der Waals surface area contributed by atoms with Crippen molar-refractivity contribution in [1.29, 1.82) is 0 Å². The molecule has 2 amide bonds. The van der Waals surface area contributed by atoms with Gasteiger partial charge in [0, 0.05) is 17.5 Å². The summed E-state index contributed by atoms with van der Waals surface area (Å²) in [6, 6.07) is 11.3. The number of fused-ring (bicyclic) bond motifs is 1. The number of anilines is 1. The molecular formula is C21H26N4O3. The minimum atomic E-state index is -0.257. The van der Waals surface area contributed by atoms with Gasteiger partial charge in [-0.15, -0.1) is 0 Å². The summed E-state index contributed by atoms with van der Waals surface area (Å²) in [6.07, 6.45) is 0.931. The predicted octanol–water partition coefficient (Wildman–Crippen LogP) is 4.41. The predicted molar refractivity (Wildman–Crippen MR) is 111 cm³/mol. The maximum atomic E-state index is 12.1. The number of aromatic nitrogens is 2. The Bertz CT molecular complexity index is 965. The highest BCUT2D eigenvalue weighted by atomic mass is 16.5. The Labute approximate surface area is 164 Å². The van der Waals surface area contributed by atoms with Crippen LogP contribution in [0.1, 0.15) is 20.3 Å². The summed E-state index contributed by atoms with van der Waals surface area (Å²) in [5, 5.41) is 13.7. The van der Waals surface area contributed by atoms with Gasteiger partial charge in [-0.1, -0.05) is 19.9 Å². The summed E-state index contributed by atoms with van der Waals surface area (Å²) < 4.78 is 10.8. The highest BCUT2D eigenvalue weighted by Crippen LogP contribution is 2.35. The first-order valence-corrected chi connectivity index (χ1v) is 9.27. The lowest BCUT2D eigenvalue weighted by molar-refractivity contribution is 0.251. The maximum absolute atomic E-state index is 12.1. The third-order valence-corrected chi connectivity index (χ3v) is 4.52. The van der Waals surface area contributed by atoms with Crippen LogP contribution in [0.5, 0.6) is 11.5 Å². The largest absolute Gasteiger partial charge is 0.497 e. The van der Waals surface area contributed by atoms with Gasteiger partial charge in [0.25, 0.3) is 0 Å². The Kier molecular flexibility index (Phi) is 6.03. The highest BCUT2D eigenvalue weighted by Gasteiger charge is 2.13. The second-order valence-corrected chi connectivity index (χ2v) is 6.96. The van der Waals surface area contributed by atoms with E-state index >= 15 is 0 Å². The highest BCUT2D eigenvalue weighted by molar-refractivity contribution is 6.00. The van der Waals surface area contributed by atoms with Gasteiger partial charge in [0.15, 0.2) is 5.82 Å². The molecule has 7 heteroatoms. The average molecular weight is 382 g/mol. The second-order valence-electron chi connectivity index (χ2n) is 6.96. The van der Waals surface area contributed by atoms with Crippen LogP contribution in [0.25, 0.3) is 22.0 Å². The molecule has 2 aromatic carbocycles. The van der Waals surface area contributed by atoms with E-state index in [-0.39, 0.29) is 6.03 Å². The molecule has 0 atom stereocenters. The molecule has 0 saturated heterocycles. The molecule has 1 aromatic heterocycles. The number of rotatable bonds is 7. The van der Waals surface area contributed by atoms with Crippen molar-refractivity contribution in [2.45, 2.75) is 20.3 Å². The number of carbonyl (C=O) groups is 1. The normalized spacial score (nSPS) is 10.9. The number of nitrogens with zero attached hydrogens (tertiary/aromatic N) is 1. The summed E-state index contributed by atoms with van der Waals surface area (Å²) in [5.41, 5.74) is 2.69. The Morgan fingerprint density at radius 2 is 1.96 bits per heavy atom. The lowest BCUT2D eigenvalue weighted by Gasteiger charge is -2.11. The van der Waals surface area contributed by atoms with E-state index in [1.165, 1.54) is 0 Å². The minimum absolute atomic E-state index is 0.257. The van der Waals surface area contributed by atoms with Gasteiger partial charge >= 0.3 is 6.03 Å². The van der Waals surface area contributed by atoms with Crippen LogP contribution in [-0.4, -0.2) is 37.0 Å².